The SMILES string of the molecule is Cc1ccc(OC(C)C(=O)Nc2ccc(C(=O)N3CCSCC3)cc2C)cc1. The van der Waals surface area contributed by atoms with E-state index in [4.69, 9.17) is 4.74 Å². The highest BCUT2D eigenvalue weighted by atomic mass is 32.2. The van der Waals surface area contributed by atoms with E-state index in [9.17, 15) is 9.59 Å². The molecule has 0 bridgehead atoms. The Morgan fingerprint density at radius 3 is 2.39 bits per heavy atom. The minimum absolute atomic E-state index is 0.0531. The average molecular weight is 399 g/mol. The van der Waals surface area contributed by atoms with Gasteiger partial charge in [0.05, 0.1) is 0 Å². The summed E-state index contributed by atoms with van der Waals surface area (Å²) in [6, 6.07) is 13.0. The van der Waals surface area contributed by atoms with Gasteiger partial charge in [-0.25, -0.2) is 0 Å². The fraction of sp³-hybridized carbons (Fsp3) is 0.364. The molecule has 1 atom stereocenters. The number of benzene rings is 2. The Hall–Kier alpha value is -2.47. The summed E-state index contributed by atoms with van der Waals surface area (Å²) in [6.45, 7) is 7.19. The number of aryl methyl sites for hydroxylation is 2. The third-order valence-electron chi connectivity index (χ3n) is 4.73. The van der Waals surface area contributed by atoms with Crippen molar-refractivity contribution >= 4 is 29.3 Å². The molecule has 0 aromatic heterocycles. The molecule has 28 heavy (non-hydrogen) atoms. The van der Waals surface area contributed by atoms with Crippen LogP contribution in [-0.4, -0.2) is 47.4 Å². The van der Waals surface area contributed by atoms with Gasteiger partial charge >= 0.3 is 0 Å². The van der Waals surface area contributed by atoms with Crippen LogP contribution in [0.4, 0.5) is 5.69 Å². The summed E-state index contributed by atoms with van der Waals surface area (Å²) in [4.78, 5) is 27.0. The zero-order valence-electron chi connectivity index (χ0n) is 16.5. The third kappa shape index (κ3) is 5.07. The first kappa shape index (κ1) is 20.3. The molecule has 1 aliphatic heterocycles. The number of rotatable bonds is 5. The molecular formula is C22H26N2O3S. The molecular weight excluding hydrogens is 372 g/mol. The van der Waals surface area contributed by atoms with Crippen LogP contribution in [0.2, 0.25) is 0 Å². The molecule has 2 aromatic carbocycles. The van der Waals surface area contributed by atoms with E-state index in [-0.39, 0.29) is 11.8 Å². The Morgan fingerprint density at radius 2 is 1.75 bits per heavy atom. The van der Waals surface area contributed by atoms with Crippen molar-refractivity contribution in [3.8, 4) is 5.75 Å². The third-order valence-corrected chi connectivity index (χ3v) is 5.68. The topological polar surface area (TPSA) is 58.6 Å². The predicted molar refractivity (Wildman–Crippen MR) is 114 cm³/mol. The van der Waals surface area contributed by atoms with E-state index >= 15 is 0 Å². The highest BCUT2D eigenvalue weighted by molar-refractivity contribution is 7.99. The van der Waals surface area contributed by atoms with Crippen LogP contribution in [0.5, 0.6) is 5.75 Å². The van der Waals surface area contributed by atoms with Crippen molar-refractivity contribution in [3.63, 3.8) is 0 Å². The maximum absolute atomic E-state index is 12.6. The number of hydrogen-bond donors (Lipinski definition) is 1. The number of carbonyl (C=O) groups is 2. The number of carbonyl (C=O) groups excluding carboxylic acids is 2. The maximum Gasteiger partial charge on any atom is 0.265 e. The van der Waals surface area contributed by atoms with Gasteiger partial charge in [0.1, 0.15) is 5.75 Å². The molecule has 1 N–H and O–H groups in total. The number of ether oxygens (including phenoxy) is 1. The van der Waals surface area contributed by atoms with Gasteiger partial charge in [-0.1, -0.05) is 17.7 Å². The van der Waals surface area contributed by atoms with Crippen LogP contribution in [-0.2, 0) is 4.79 Å². The highest BCUT2D eigenvalue weighted by Crippen LogP contribution is 2.20. The van der Waals surface area contributed by atoms with Crippen LogP contribution in [0, 0.1) is 13.8 Å². The summed E-state index contributed by atoms with van der Waals surface area (Å²) in [6.07, 6.45) is -0.630. The minimum Gasteiger partial charge on any atom is -0.481 e. The van der Waals surface area contributed by atoms with E-state index in [1.165, 1.54) is 0 Å². The second-order valence-corrected chi connectivity index (χ2v) is 8.22. The van der Waals surface area contributed by atoms with Gasteiger partial charge in [-0.3, -0.25) is 9.59 Å². The Labute approximate surface area is 170 Å². The molecule has 1 unspecified atom stereocenters. The standard InChI is InChI=1S/C22H26N2O3S/c1-15-4-7-19(8-5-15)27-17(3)21(25)23-20-9-6-18(14-16(20)2)22(26)24-10-12-28-13-11-24/h4-9,14,17H,10-13H2,1-3H3,(H,23,25). The monoisotopic (exact) mass is 398 g/mol. The van der Waals surface area contributed by atoms with E-state index in [1.807, 2.05) is 60.8 Å². The molecule has 0 saturated carbocycles. The van der Waals surface area contributed by atoms with Gasteiger partial charge in [-0.2, -0.15) is 11.8 Å². The van der Waals surface area contributed by atoms with E-state index in [2.05, 4.69) is 5.32 Å². The van der Waals surface area contributed by atoms with Crippen molar-refractivity contribution in [2.75, 3.05) is 29.9 Å². The fourth-order valence-corrected chi connectivity index (χ4v) is 3.90. The molecule has 6 heteroatoms. The van der Waals surface area contributed by atoms with Crippen LogP contribution in [0.3, 0.4) is 0 Å². The lowest BCUT2D eigenvalue weighted by atomic mass is 10.1. The lowest BCUT2D eigenvalue weighted by Gasteiger charge is -2.26. The summed E-state index contributed by atoms with van der Waals surface area (Å²) >= 11 is 1.87. The lowest BCUT2D eigenvalue weighted by Crippen LogP contribution is -2.37. The zero-order valence-corrected chi connectivity index (χ0v) is 17.3. The first-order chi connectivity index (χ1) is 13.4. The molecule has 1 saturated heterocycles. The summed E-state index contributed by atoms with van der Waals surface area (Å²) < 4.78 is 5.71. The van der Waals surface area contributed by atoms with E-state index in [1.54, 1.807) is 19.1 Å². The van der Waals surface area contributed by atoms with Gasteiger partial charge in [-0.15, -0.1) is 0 Å². The largest absolute Gasteiger partial charge is 0.481 e. The van der Waals surface area contributed by atoms with Crippen LogP contribution in [0.1, 0.15) is 28.4 Å². The Balaban J connectivity index is 1.62. The van der Waals surface area contributed by atoms with Crippen LogP contribution in [0.15, 0.2) is 42.5 Å². The second-order valence-electron chi connectivity index (χ2n) is 7.00. The number of hydrogen-bond acceptors (Lipinski definition) is 4. The zero-order chi connectivity index (χ0) is 20.1. The van der Waals surface area contributed by atoms with Gasteiger partial charge in [-0.05, 0) is 56.7 Å². The van der Waals surface area contributed by atoms with E-state index in [0.29, 0.717) is 17.0 Å². The molecule has 2 amide bonds. The van der Waals surface area contributed by atoms with Crippen molar-refractivity contribution in [1.82, 2.24) is 4.90 Å². The van der Waals surface area contributed by atoms with Gasteiger partial charge in [0, 0.05) is 35.8 Å². The summed E-state index contributed by atoms with van der Waals surface area (Å²) in [5.74, 6) is 2.45. The number of nitrogens with zero attached hydrogens (tertiary/aromatic N) is 1. The van der Waals surface area contributed by atoms with Gasteiger partial charge in [0.25, 0.3) is 11.8 Å². The smallest absolute Gasteiger partial charge is 0.265 e. The van der Waals surface area contributed by atoms with E-state index in [0.717, 1.165) is 35.7 Å². The quantitative estimate of drug-likeness (QED) is 0.830. The lowest BCUT2D eigenvalue weighted by molar-refractivity contribution is -0.122. The maximum atomic E-state index is 12.6. The van der Waals surface area contributed by atoms with Crippen molar-refractivity contribution in [3.05, 3.63) is 59.2 Å². The molecule has 0 aliphatic carbocycles. The fourth-order valence-electron chi connectivity index (χ4n) is 2.99. The molecule has 1 heterocycles. The number of nitrogens with one attached hydrogen (secondary N) is 1. The van der Waals surface area contributed by atoms with E-state index < -0.39 is 6.10 Å². The predicted octanol–water partition coefficient (Wildman–Crippen LogP) is 3.90. The first-order valence-corrected chi connectivity index (χ1v) is 10.6. The Kier molecular flexibility index (Phi) is 6.62. The van der Waals surface area contributed by atoms with Crippen molar-refractivity contribution in [2.45, 2.75) is 26.9 Å². The molecule has 5 nitrogen and oxygen atoms in total. The van der Waals surface area contributed by atoms with Crippen molar-refractivity contribution in [2.24, 2.45) is 0 Å². The van der Waals surface area contributed by atoms with Gasteiger partial charge in [0.15, 0.2) is 6.10 Å². The molecule has 3 rings (SSSR count). The first-order valence-electron chi connectivity index (χ1n) is 9.46. The van der Waals surface area contributed by atoms with Crippen LogP contribution in [0.25, 0.3) is 0 Å². The molecule has 2 aromatic rings. The number of thioether (sulfide) groups is 1. The molecule has 0 spiro atoms. The molecule has 0 radical (unpaired) electrons. The summed E-state index contributed by atoms with van der Waals surface area (Å²) in [7, 11) is 0. The molecule has 148 valence electrons. The Bertz CT molecular complexity index is 845. The van der Waals surface area contributed by atoms with Crippen molar-refractivity contribution < 1.29 is 14.3 Å². The normalized spacial score (nSPS) is 15.0. The molecule has 1 fully saturated rings. The minimum atomic E-state index is -0.630. The average Bonchev–Trinajstić information content (AvgIpc) is 2.71. The van der Waals surface area contributed by atoms with Gasteiger partial charge < -0.3 is 15.0 Å². The number of amides is 2. The van der Waals surface area contributed by atoms with Crippen LogP contribution < -0.4 is 10.1 Å². The van der Waals surface area contributed by atoms with Gasteiger partial charge in [0.2, 0.25) is 0 Å². The van der Waals surface area contributed by atoms with Crippen LogP contribution >= 0.6 is 11.8 Å². The molecule has 1 aliphatic rings. The second kappa shape index (κ2) is 9.15. The summed E-state index contributed by atoms with van der Waals surface area (Å²) in [5.41, 5.74) is 3.34. The van der Waals surface area contributed by atoms with Crippen molar-refractivity contribution in [1.29, 1.82) is 0 Å². The number of anilines is 1. The Morgan fingerprint density at radius 1 is 1.07 bits per heavy atom. The summed E-state index contributed by atoms with van der Waals surface area (Å²) in [5, 5.41) is 2.90. The highest BCUT2D eigenvalue weighted by Gasteiger charge is 2.20.